The molecule has 1 fully saturated rings. The fraction of sp³-hybridized carbons (Fsp3) is 0.500. The molecule has 2 aromatic rings. The van der Waals surface area contributed by atoms with E-state index in [0.29, 0.717) is 16.1 Å². The third kappa shape index (κ3) is 4.15. The topological polar surface area (TPSA) is 71.4 Å². The van der Waals surface area contributed by atoms with Crippen molar-refractivity contribution in [2.75, 3.05) is 5.75 Å². The van der Waals surface area contributed by atoms with Crippen LogP contribution in [0.5, 0.6) is 5.75 Å². The van der Waals surface area contributed by atoms with Gasteiger partial charge in [-0.1, -0.05) is 50.7 Å². The van der Waals surface area contributed by atoms with E-state index >= 15 is 0 Å². The van der Waals surface area contributed by atoms with Crippen molar-refractivity contribution in [3.8, 4) is 22.9 Å². The van der Waals surface area contributed by atoms with E-state index in [0.717, 1.165) is 59.8 Å². The van der Waals surface area contributed by atoms with Gasteiger partial charge in [-0.2, -0.15) is 5.26 Å². The highest BCUT2D eigenvalue weighted by Crippen LogP contribution is 2.56. The zero-order chi connectivity index (χ0) is 23.3. The molecule has 2 heterocycles. The van der Waals surface area contributed by atoms with Crippen LogP contribution in [-0.4, -0.2) is 16.5 Å². The van der Waals surface area contributed by atoms with Gasteiger partial charge in [-0.3, -0.25) is 4.99 Å². The summed E-state index contributed by atoms with van der Waals surface area (Å²) in [6.45, 7) is 7.08. The van der Waals surface area contributed by atoms with Crippen LogP contribution in [0.15, 0.2) is 47.5 Å². The molecule has 0 saturated heterocycles. The number of ether oxygens (including phenoxy) is 1. The van der Waals surface area contributed by atoms with Crippen LogP contribution in [0.4, 0.5) is 0 Å². The molecule has 1 atom stereocenters. The van der Waals surface area contributed by atoms with Crippen LogP contribution < -0.4 is 10.5 Å². The smallest absolute Gasteiger partial charge is 0.154 e. The van der Waals surface area contributed by atoms with Gasteiger partial charge in [-0.05, 0) is 78.8 Å². The Bertz CT molecular complexity index is 1130. The standard InChI is InChI=1S/C28H33N3OS/c1-26(2,3)22-9-11-27(12-10-22)18-28(13-14-33-25(30)31-28)23-16-21(7-8-24(23)32-27)20-6-4-5-19(15-20)17-29/h4-8,15-16,22H,9-14,18H2,1-3H3,(H2,30,31). The fourth-order valence-corrected chi connectivity index (χ4v) is 6.95. The summed E-state index contributed by atoms with van der Waals surface area (Å²) in [5, 5.41) is 10.0. The summed E-state index contributed by atoms with van der Waals surface area (Å²) in [5.74, 6) is 2.66. The van der Waals surface area contributed by atoms with Gasteiger partial charge in [-0.25, -0.2) is 0 Å². The van der Waals surface area contributed by atoms with Crippen LogP contribution in [0.1, 0.15) is 70.4 Å². The van der Waals surface area contributed by atoms with Gasteiger partial charge in [-0.15, -0.1) is 0 Å². The normalized spacial score (nSPS) is 29.2. The Morgan fingerprint density at radius 1 is 1.09 bits per heavy atom. The highest BCUT2D eigenvalue weighted by Gasteiger charge is 2.52. The van der Waals surface area contributed by atoms with E-state index < -0.39 is 0 Å². The predicted molar refractivity (Wildman–Crippen MR) is 136 cm³/mol. The van der Waals surface area contributed by atoms with E-state index in [1.807, 2.05) is 18.2 Å². The number of amidine groups is 1. The Balaban J connectivity index is 1.56. The lowest BCUT2D eigenvalue weighted by atomic mass is 9.64. The van der Waals surface area contributed by atoms with Crippen molar-refractivity contribution in [3.05, 3.63) is 53.6 Å². The molecule has 1 saturated carbocycles. The molecule has 4 nitrogen and oxygen atoms in total. The molecule has 2 N–H and O–H groups in total. The minimum atomic E-state index is -0.333. The van der Waals surface area contributed by atoms with Crippen LogP contribution in [0.2, 0.25) is 0 Å². The molecule has 1 aliphatic carbocycles. The van der Waals surface area contributed by atoms with Crippen molar-refractivity contribution in [1.29, 1.82) is 5.26 Å². The molecule has 0 bridgehead atoms. The summed E-state index contributed by atoms with van der Waals surface area (Å²) in [7, 11) is 0. The molecule has 1 unspecified atom stereocenters. The van der Waals surface area contributed by atoms with E-state index in [-0.39, 0.29) is 11.1 Å². The van der Waals surface area contributed by atoms with Crippen LogP contribution in [0.25, 0.3) is 11.1 Å². The van der Waals surface area contributed by atoms with Crippen molar-refractivity contribution in [1.82, 2.24) is 0 Å². The Morgan fingerprint density at radius 2 is 1.85 bits per heavy atom. The molecule has 33 heavy (non-hydrogen) atoms. The summed E-state index contributed by atoms with van der Waals surface area (Å²) < 4.78 is 6.85. The van der Waals surface area contributed by atoms with Crippen LogP contribution in [0, 0.1) is 22.7 Å². The van der Waals surface area contributed by atoms with Crippen molar-refractivity contribution < 1.29 is 4.74 Å². The minimum Gasteiger partial charge on any atom is -0.487 e. The Hall–Kier alpha value is -2.45. The third-order valence-corrected chi connectivity index (χ3v) is 8.75. The molecule has 0 radical (unpaired) electrons. The number of hydrogen-bond donors (Lipinski definition) is 1. The van der Waals surface area contributed by atoms with E-state index in [2.05, 4.69) is 51.1 Å². The van der Waals surface area contributed by atoms with Crippen molar-refractivity contribution >= 4 is 16.9 Å². The van der Waals surface area contributed by atoms with Gasteiger partial charge in [0.15, 0.2) is 5.17 Å². The first-order valence-electron chi connectivity index (χ1n) is 12.0. The summed E-state index contributed by atoms with van der Waals surface area (Å²) in [6.07, 6.45) is 6.41. The summed E-state index contributed by atoms with van der Waals surface area (Å²) in [5.41, 5.74) is 10.1. The second kappa shape index (κ2) is 8.09. The zero-order valence-electron chi connectivity index (χ0n) is 19.9. The van der Waals surface area contributed by atoms with Gasteiger partial charge in [0.05, 0.1) is 17.2 Å². The molecular formula is C28H33N3OS. The Kier molecular flexibility index (Phi) is 5.48. The van der Waals surface area contributed by atoms with Crippen molar-refractivity contribution in [3.63, 3.8) is 0 Å². The van der Waals surface area contributed by atoms with Gasteiger partial charge in [0, 0.05) is 17.7 Å². The molecular weight excluding hydrogens is 426 g/mol. The third-order valence-electron chi connectivity index (χ3n) is 7.96. The zero-order valence-corrected chi connectivity index (χ0v) is 20.7. The van der Waals surface area contributed by atoms with Gasteiger partial charge >= 0.3 is 0 Å². The number of aliphatic imine (C=N–C) groups is 1. The van der Waals surface area contributed by atoms with Crippen LogP contribution in [0.3, 0.4) is 0 Å². The number of nitriles is 1. The molecule has 5 rings (SSSR count). The van der Waals surface area contributed by atoms with Crippen molar-refractivity contribution in [2.45, 2.75) is 70.4 Å². The molecule has 0 aromatic heterocycles. The SMILES string of the molecule is CC(C)(C)C1CCC2(CC1)CC1(CCSC(N)=N1)c1cc(-c3cccc(C#N)c3)ccc1O2. The van der Waals surface area contributed by atoms with Crippen LogP contribution >= 0.6 is 11.8 Å². The number of fused-ring (bicyclic) bond motifs is 2. The second-order valence-corrected chi connectivity index (χ2v) is 12.2. The van der Waals surface area contributed by atoms with Gasteiger partial charge in [0.2, 0.25) is 0 Å². The number of benzene rings is 2. The average molecular weight is 460 g/mol. The van der Waals surface area contributed by atoms with E-state index in [9.17, 15) is 5.26 Å². The van der Waals surface area contributed by atoms with E-state index in [1.165, 1.54) is 12.8 Å². The lowest BCUT2D eigenvalue weighted by Gasteiger charge is -2.52. The maximum absolute atomic E-state index is 9.33. The molecule has 0 amide bonds. The summed E-state index contributed by atoms with van der Waals surface area (Å²) in [4.78, 5) is 5.13. The Morgan fingerprint density at radius 3 is 2.55 bits per heavy atom. The first-order chi connectivity index (χ1) is 15.7. The lowest BCUT2D eigenvalue weighted by Crippen LogP contribution is -2.51. The molecule has 3 aliphatic rings. The molecule has 2 spiro atoms. The first kappa shape index (κ1) is 22.3. The summed E-state index contributed by atoms with van der Waals surface area (Å²) in [6, 6.07) is 16.5. The average Bonchev–Trinajstić information content (AvgIpc) is 2.78. The predicted octanol–water partition coefficient (Wildman–Crippen LogP) is 6.63. The highest BCUT2D eigenvalue weighted by molar-refractivity contribution is 8.13. The number of rotatable bonds is 1. The van der Waals surface area contributed by atoms with Crippen molar-refractivity contribution in [2.24, 2.45) is 22.1 Å². The number of hydrogen-bond acceptors (Lipinski definition) is 5. The van der Waals surface area contributed by atoms with Gasteiger partial charge in [0.1, 0.15) is 11.4 Å². The molecule has 2 aromatic carbocycles. The van der Waals surface area contributed by atoms with Gasteiger partial charge < -0.3 is 10.5 Å². The van der Waals surface area contributed by atoms with E-state index in [4.69, 9.17) is 15.5 Å². The highest BCUT2D eigenvalue weighted by atomic mass is 32.2. The largest absolute Gasteiger partial charge is 0.487 e. The minimum absolute atomic E-state index is 0.164. The number of nitrogens with zero attached hydrogens (tertiary/aromatic N) is 2. The fourth-order valence-electron chi connectivity index (χ4n) is 6.06. The lowest BCUT2D eigenvalue weighted by molar-refractivity contribution is -0.0414. The quantitative estimate of drug-likeness (QED) is 0.519. The first-order valence-corrected chi connectivity index (χ1v) is 13.0. The van der Waals surface area contributed by atoms with E-state index in [1.54, 1.807) is 11.8 Å². The second-order valence-electron chi connectivity index (χ2n) is 11.1. The summed E-state index contributed by atoms with van der Waals surface area (Å²) >= 11 is 1.66. The molecule has 5 heteroatoms. The Labute approximate surface area is 201 Å². The molecule has 172 valence electrons. The monoisotopic (exact) mass is 459 g/mol. The maximum atomic E-state index is 9.33. The van der Waals surface area contributed by atoms with Crippen LogP contribution in [-0.2, 0) is 5.54 Å². The van der Waals surface area contributed by atoms with Gasteiger partial charge in [0.25, 0.3) is 0 Å². The maximum Gasteiger partial charge on any atom is 0.154 e. The molecule has 2 aliphatic heterocycles. The number of thioether (sulfide) groups is 1. The number of nitrogens with two attached hydrogens (primary N) is 1.